The number of ketones is 1. The Morgan fingerprint density at radius 3 is 2.47 bits per heavy atom. The van der Waals surface area contributed by atoms with E-state index in [0.29, 0.717) is 6.54 Å². The van der Waals surface area contributed by atoms with Gasteiger partial charge < -0.3 is 4.98 Å². The number of hydrogen-bond acceptors (Lipinski definition) is 2. The fraction of sp³-hybridized carbons (Fsp3) is 0.312. The van der Waals surface area contributed by atoms with Gasteiger partial charge in [-0.2, -0.15) is 0 Å². The number of rotatable bonds is 5. The predicted octanol–water partition coefficient (Wildman–Crippen LogP) is 2.95. The summed E-state index contributed by atoms with van der Waals surface area (Å²) in [4.78, 5) is 17.4. The molecule has 0 aliphatic heterocycles. The molecule has 3 nitrogen and oxygen atoms in total. The number of H-pyrrole nitrogens is 1. The lowest BCUT2D eigenvalue weighted by Crippen LogP contribution is -2.25. The molecule has 0 amide bonds. The van der Waals surface area contributed by atoms with Gasteiger partial charge in [-0.3, -0.25) is 9.69 Å². The predicted molar refractivity (Wildman–Crippen MR) is 77.4 cm³/mol. The molecule has 1 aromatic carbocycles. The monoisotopic (exact) mass is 256 g/mol. The summed E-state index contributed by atoms with van der Waals surface area (Å²) < 4.78 is 0. The largest absolute Gasteiger partial charge is 0.362 e. The van der Waals surface area contributed by atoms with E-state index in [1.165, 1.54) is 5.56 Å². The Morgan fingerprint density at radius 2 is 1.89 bits per heavy atom. The molecular formula is C16H20N2O. The Bertz CT molecular complexity index is 557. The van der Waals surface area contributed by atoms with E-state index in [1.54, 1.807) is 0 Å². The Labute approximate surface area is 114 Å². The molecule has 0 radical (unpaired) electrons. The van der Waals surface area contributed by atoms with E-state index in [0.717, 1.165) is 23.5 Å². The molecule has 19 heavy (non-hydrogen) atoms. The number of carbonyl (C=O) groups excluding carboxylic acids is 1. The quantitative estimate of drug-likeness (QED) is 0.835. The normalized spacial score (nSPS) is 10.9. The summed E-state index contributed by atoms with van der Waals surface area (Å²) in [6.07, 6.45) is 0. The lowest BCUT2D eigenvalue weighted by atomic mass is 10.1. The van der Waals surface area contributed by atoms with Crippen LogP contribution in [0.3, 0.4) is 0 Å². The number of likely N-dealkylation sites (N-methyl/N-ethyl adjacent to an activating group) is 1. The second-order valence-corrected chi connectivity index (χ2v) is 5.07. The van der Waals surface area contributed by atoms with E-state index in [4.69, 9.17) is 0 Å². The maximum absolute atomic E-state index is 12.2. The first-order valence-corrected chi connectivity index (χ1v) is 6.48. The minimum absolute atomic E-state index is 0.167. The van der Waals surface area contributed by atoms with E-state index in [2.05, 4.69) is 17.1 Å². The second kappa shape index (κ2) is 5.85. The van der Waals surface area contributed by atoms with E-state index in [1.807, 2.05) is 50.1 Å². The minimum atomic E-state index is 0.167. The van der Waals surface area contributed by atoms with Crippen LogP contribution in [0.1, 0.15) is 27.3 Å². The van der Waals surface area contributed by atoms with E-state index < -0.39 is 0 Å². The molecule has 100 valence electrons. The van der Waals surface area contributed by atoms with Gasteiger partial charge in [-0.25, -0.2) is 0 Å². The van der Waals surface area contributed by atoms with Gasteiger partial charge in [0, 0.05) is 23.5 Å². The molecule has 0 bridgehead atoms. The van der Waals surface area contributed by atoms with Crippen LogP contribution in [-0.4, -0.2) is 29.3 Å². The summed E-state index contributed by atoms with van der Waals surface area (Å²) in [5, 5.41) is 0. The van der Waals surface area contributed by atoms with Gasteiger partial charge >= 0.3 is 0 Å². The average molecular weight is 256 g/mol. The number of hydrogen-bond donors (Lipinski definition) is 1. The summed E-state index contributed by atoms with van der Waals surface area (Å²) in [6.45, 7) is 5.14. The highest BCUT2D eigenvalue weighted by Crippen LogP contribution is 2.11. The summed E-state index contributed by atoms with van der Waals surface area (Å²) in [5.41, 5.74) is 4.01. The van der Waals surface area contributed by atoms with Gasteiger partial charge in [0.2, 0.25) is 0 Å². The number of nitrogens with zero attached hydrogens (tertiary/aromatic N) is 1. The Balaban J connectivity index is 1.97. The Kier molecular flexibility index (Phi) is 4.17. The summed E-state index contributed by atoms with van der Waals surface area (Å²) in [7, 11) is 1.97. The van der Waals surface area contributed by atoms with Crippen LogP contribution < -0.4 is 0 Å². The van der Waals surface area contributed by atoms with Crippen LogP contribution in [0.2, 0.25) is 0 Å². The third kappa shape index (κ3) is 3.55. The van der Waals surface area contributed by atoms with Crippen molar-refractivity contribution < 1.29 is 4.79 Å². The van der Waals surface area contributed by atoms with Crippen molar-refractivity contribution in [1.82, 2.24) is 9.88 Å². The molecule has 2 rings (SSSR count). The van der Waals surface area contributed by atoms with Gasteiger partial charge in [-0.15, -0.1) is 0 Å². The summed E-state index contributed by atoms with van der Waals surface area (Å²) >= 11 is 0. The summed E-state index contributed by atoms with van der Waals surface area (Å²) in [6, 6.07) is 12.1. The molecule has 0 aliphatic carbocycles. The molecule has 0 saturated heterocycles. The first-order chi connectivity index (χ1) is 9.06. The highest BCUT2D eigenvalue weighted by Gasteiger charge is 2.13. The van der Waals surface area contributed by atoms with Crippen LogP contribution in [0.25, 0.3) is 0 Å². The van der Waals surface area contributed by atoms with Crippen molar-refractivity contribution in [2.24, 2.45) is 0 Å². The highest BCUT2D eigenvalue weighted by molar-refractivity contribution is 5.98. The van der Waals surface area contributed by atoms with Crippen molar-refractivity contribution in [1.29, 1.82) is 0 Å². The zero-order valence-corrected chi connectivity index (χ0v) is 11.7. The van der Waals surface area contributed by atoms with Gasteiger partial charge in [-0.05, 0) is 32.5 Å². The number of aromatic nitrogens is 1. The second-order valence-electron chi connectivity index (χ2n) is 5.07. The van der Waals surface area contributed by atoms with Crippen molar-refractivity contribution in [3.8, 4) is 0 Å². The third-order valence-corrected chi connectivity index (χ3v) is 3.16. The van der Waals surface area contributed by atoms with Gasteiger partial charge in [0.05, 0.1) is 6.54 Å². The maximum Gasteiger partial charge on any atom is 0.178 e. The minimum Gasteiger partial charge on any atom is -0.362 e. The van der Waals surface area contributed by atoms with Gasteiger partial charge in [0.25, 0.3) is 0 Å². The van der Waals surface area contributed by atoms with Crippen LogP contribution >= 0.6 is 0 Å². The maximum atomic E-state index is 12.2. The fourth-order valence-corrected chi connectivity index (χ4v) is 2.29. The zero-order chi connectivity index (χ0) is 13.8. The van der Waals surface area contributed by atoms with Gasteiger partial charge in [0.1, 0.15) is 0 Å². The van der Waals surface area contributed by atoms with Crippen LogP contribution in [-0.2, 0) is 6.54 Å². The Hall–Kier alpha value is -1.87. The van der Waals surface area contributed by atoms with Crippen LogP contribution in [0.5, 0.6) is 0 Å². The van der Waals surface area contributed by atoms with Crippen LogP contribution in [0.15, 0.2) is 36.4 Å². The van der Waals surface area contributed by atoms with Crippen molar-refractivity contribution >= 4 is 5.78 Å². The molecule has 0 atom stereocenters. The van der Waals surface area contributed by atoms with E-state index in [-0.39, 0.29) is 5.78 Å². The molecule has 1 heterocycles. The molecule has 1 N–H and O–H groups in total. The third-order valence-electron chi connectivity index (χ3n) is 3.16. The van der Waals surface area contributed by atoms with Gasteiger partial charge in [-0.1, -0.05) is 30.3 Å². The lowest BCUT2D eigenvalue weighted by molar-refractivity contribution is 0.0942. The lowest BCUT2D eigenvalue weighted by Gasteiger charge is -2.15. The molecule has 0 unspecified atom stereocenters. The number of carbonyl (C=O) groups is 1. The molecule has 0 fully saturated rings. The molecule has 2 aromatic rings. The standard InChI is InChI=1S/C16H20N2O/c1-12-9-15(13(2)17-12)16(19)11-18(3)10-14-7-5-4-6-8-14/h4-9,17H,10-11H2,1-3H3. The van der Waals surface area contributed by atoms with Crippen molar-refractivity contribution in [3.63, 3.8) is 0 Å². The number of Topliss-reactive ketones (excluding diaryl/α,β-unsaturated/α-hetero) is 1. The Morgan fingerprint density at radius 1 is 1.21 bits per heavy atom. The average Bonchev–Trinajstić information content (AvgIpc) is 2.69. The molecular weight excluding hydrogens is 236 g/mol. The van der Waals surface area contributed by atoms with Crippen molar-refractivity contribution in [3.05, 3.63) is 58.9 Å². The molecule has 1 aromatic heterocycles. The van der Waals surface area contributed by atoms with E-state index >= 15 is 0 Å². The van der Waals surface area contributed by atoms with Crippen molar-refractivity contribution in [2.45, 2.75) is 20.4 Å². The van der Waals surface area contributed by atoms with Gasteiger partial charge in [0.15, 0.2) is 5.78 Å². The van der Waals surface area contributed by atoms with Crippen LogP contribution in [0.4, 0.5) is 0 Å². The molecule has 0 aliphatic rings. The number of aromatic amines is 1. The zero-order valence-electron chi connectivity index (χ0n) is 11.7. The molecule has 0 saturated carbocycles. The summed E-state index contributed by atoms with van der Waals surface area (Å²) in [5.74, 6) is 0.167. The highest BCUT2D eigenvalue weighted by atomic mass is 16.1. The first-order valence-electron chi connectivity index (χ1n) is 6.48. The first kappa shape index (κ1) is 13.6. The number of nitrogens with one attached hydrogen (secondary N) is 1. The van der Waals surface area contributed by atoms with Crippen LogP contribution in [0, 0.1) is 13.8 Å². The number of benzene rings is 1. The number of aryl methyl sites for hydroxylation is 2. The van der Waals surface area contributed by atoms with E-state index in [9.17, 15) is 4.79 Å². The SMILES string of the molecule is Cc1cc(C(=O)CN(C)Cc2ccccc2)c(C)[nH]1. The topological polar surface area (TPSA) is 36.1 Å². The van der Waals surface area contributed by atoms with Crippen molar-refractivity contribution in [2.75, 3.05) is 13.6 Å². The molecule has 0 spiro atoms. The smallest absolute Gasteiger partial charge is 0.178 e. The molecule has 3 heteroatoms. The fourth-order valence-electron chi connectivity index (χ4n) is 2.29.